The largest absolute Gasteiger partial charge is 0.422 e. The maximum atomic E-state index is 12.6. The van der Waals surface area contributed by atoms with Gasteiger partial charge in [-0.15, -0.1) is 0 Å². The van der Waals surface area contributed by atoms with Gasteiger partial charge < -0.3 is 8.98 Å². The molecule has 28 heavy (non-hydrogen) atoms. The van der Waals surface area contributed by atoms with Crippen LogP contribution in [0.1, 0.15) is 16.7 Å². The van der Waals surface area contributed by atoms with E-state index in [2.05, 4.69) is 4.98 Å². The highest BCUT2D eigenvalue weighted by atomic mass is 16.6. The van der Waals surface area contributed by atoms with E-state index < -0.39 is 10.5 Å². The number of nitro benzene ring substituents is 1. The number of imidazole rings is 1. The molecule has 0 aliphatic carbocycles. The Morgan fingerprint density at radius 1 is 1.21 bits per heavy atom. The number of nitro groups is 1. The van der Waals surface area contributed by atoms with E-state index in [1.807, 2.05) is 42.9 Å². The van der Waals surface area contributed by atoms with Gasteiger partial charge >= 0.3 is 5.63 Å². The molecule has 0 saturated carbocycles. The van der Waals surface area contributed by atoms with Gasteiger partial charge in [-0.05, 0) is 24.1 Å². The third-order valence-electron chi connectivity index (χ3n) is 4.87. The molecule has 7 heteroatoms. The quantitative estimate of drug-likeness (QED) is 0.305. The smallest absolute Gasteiger partial charge is 0.340 e. The summed E-state index contributed by atoms with van der Waals surface area (Å²) >= 11 is 0. The third-order valence-corrected chi connectivity index (χ3v) is 4.87. The molecule has 2 heterocycles. The Labute approximate surface area is 160 Å². The number of hydrogen-bond acceptors (Lipinski definition) is 5. The van der Waals surface area contributed by atoms with Crippen LogP contribution in [0.3, 0.4) is 0 Å². The zero-order valence-corrected chi connectivity index (χ0v) is 15.4. The molecular weight excluding hydrogens is 358 g/mol. The molecule has 0 aliphatic rings. The number of rotatable bonds is 4. The van der Waals surface area contributed by atoms with E-state index in [9.17, 15) is 14.9 Å². The van der Waals surface area contributed by atoms with E-state index in [-0.39, 0.29) is 12.1 Å². The summed E-state index contributed by atoms with van der Waals surface area (Å²) in [5.41, 5.74) is 2.91. The summed E-state index contributed by atoms with van der Waals surface area (Å²) in [6.07, 6.45) is 3.83. The summed E-state index contributed by atoms with van der Waals surface area (Å²) < 4.78 is 7.47. The van der Waals surface area contributed by atoms with Gasteiger partial charge in [-0.2, -0.15) is 0 Å². The van der Waals surface area contributed by atoms with Crippen molar-refractivity contribution in [1.82, 2.24) is 9.55 Å². The van der Waals surface area contributed by atoms with Crippen molar-refractivity contribution in [1.29, 1.82) is 0 Å². The highest BCUT2D eigenvalue weighted by Crippen LogP contribution is 2.26. The van der Waals surface area contributed by atoms with Crippen LogP contribution in [-0.4, -0.2) is 14.5 Å². The summed E-state index contributed by atoms with van der Waals surface area (Å²) in [4.78, 5) is 27.5. The summed E-state index contributed by atoms with van der Waals surface area (Å²) in [5.74, 6) is 0.780. The first-order chi connectivity index (χ1) is 13.4. The number of aryl methyl sites for hydroxylation is 2. The topological polar surface area (TPSA) is 91.2 Å². The molecule has 0 N–H and O–H groups in total. The van der Waals surface area contributed by atoms with E-state index in [1.165, 1.54) is 12.1 Å². The molecule has 0 radical (unpaired) electrons. The van der Waals surface area contributed by atoms with Crippen LogP contribution < -0.4 is 5.63 Å². The van der Waals surface area contributed by atoms with Crippen molar-refractivity contribution in [2.75, 3.05) is 0 Å². The molecule has 0 fully saturated rings. The van der Waals surface area contributed by atoms with Crippen LogP contribution in [0, 0.1) is 17.0 Å². The number of nitrogens with zero attached hydrogens (tertiary/aromatic N) is 3. The van der Waals surface area contributed by atoms with E-state index in [0.717, 1.165) is 22.3 Å². The molecule has 0 atom stereocenters. The first kappa shape index (κ1) is 17.7. The molecule has 140 valence electrons. The lowest BCUT2D eigenvalue weighted by molar-refractivity contribution is -0.384. The molecule has 4 aromatic rings. The minimum atomic E-state index is -0.446. The number of non-ortho nitro benzene ring substituents is 1. The van der Waals surface area contributed by atoms with Crippen LogP contribution in [0.15, 0.2) is 64.1 Å². The Bertz CT molecular complexity index is 1270. The van der Waals surface area contributed by atoms with Gasteiger partial charge in [0.1, 0.15) is 11.4 Å². The van der Waals surface area contributed by atoms with E-state index in [4.69, 9.17) is 4.42 Å². The van der Waals surface area contributed by atoms with Crippen molar-refractivity contribution in [2.24, 2.45) is 7.05 Å². The summed E-state index contributed by atoms with van der Waals surface area (Å²) in [6, 6.07) is 11.9. The third kappa shape index (κ3) is 3.07. The molecule has 0 aliphatic heterocycles. The fraction of sp³-hybridized carbons (Fsp3) is 0.143. The summed E-state index contributed by atoms with van der Waals surface area (Å²) in [7, 11) is 1.90. The number of fused-ring (bicyclic) bond motifs is 1. The van der Waals surface area contributed by atoms with Crippen molar-refractivity contribution in [3.63, 3.8) is 0 Å². The zero-order chi connectivity index (χ0) is 19.8. The van der Waals surface area contributed by atoms with E-state index in [1.54, 1.807) is 18.3 Å². The van der Waals surface area contributed by atoms with Crippen molar-refractivity contribution >= 4 is 16.7 Å². The monoisotopic (exact) mass is 375 g/mol. The van der Waals surface area contributed by atoms with Crippen LogP contribution >= 0.6 is 0 Å². The van der Waals surface area contributed by atoms with Crippen molar-refractivity contribution in [3.8, 4) is 11.4 Å². The average molecular weight is 375 g/mol. The molecule has 0 saturated heterocycles. The van der Waals surface area contributed by atoms with Crippen LogP contribution in [0.25, 0.3) is 22.4 Å². The maximum absolute atomic E-state index is 12.6. The Balaban J connectivity index is 1.78. The molecular formula is C21H17N3O4. The lowest BCUT2D eigenvalue weighted by atomic mass is 9.98. The Morgan fingerprint density at radius 3 is 2.75 bits per heavy atom. The first-order valence-electron chi connectivity index (χ1n) is 8.71. The molecule has 4 rings (SSSR count). The number of hydrogen-bond donors (Lipinski definition) is 0. The molecule has 0 amide bonds. The van der Waals surface area contributed by atoms with Gasteiger partial charge in [0, 0.05) is 54.5 Å². The Morgan fingerprint density at radius 2 is 2.04 bits per heavy atom. The predicted molar refractivity (Wildman–Crippen MR) is 105 cm³/mol. The lowest BCUT2D eigenvalue weighted by Gasteiger charge is -2.09. The van der Waals surface area contributed by atoms with Gasteiger partial charge in [0.05, 0.1) is 4.92 Å². The predicted octanol–water partition coefficient (Wildman–Crippen LogP) is 4.00. The molecule has 0 unspecified atom stereocenters. The zero-order valence-electron chi connectivity index (χ0n) is 15.4. The molecule has 0 bridgehead atoms. The molecule has 0 spiro atoms. The summed E-state index contributed by atoms with van der Waals surface area (Å²) in [5, 5.41) is 11.8. The number of aromatic nitrogens is 2. The first-order valence-corrected chi connectivity index (χ1v) is 8.71. The van der Waals surface area contributed by atoms with Crippen molar-refractivity contribution < 1.29 is 9.34 Å². The number of benzene rings is 2. The lowest BCUT2D eigenvalue weighted by Crippen LogP contribution is -2.11. The summed E-state index contributed by atoms with van der Waals surface area (Å²) in [6.45, 7) is 1.87. The highest BCUT2D eigenvalue weighted by Gasteiger charge is 2.15. The minimum Gasteiger partial charge on any atom is -0.422 e. The highest BCUT2D eigenvalue weighted by molar-refractivity contribution is 5.85. The second-order valence-electron chi connectivity index (χ2n) is 6.67. The average Bonchev–Trinajstić information content (AvgIpc) is 3.11. The second kappa shape index (κ2) is 6.77. The van der Waals surface area contributed by atoms with Crippen molar-refractivity contribution in [3.05, 3.63) is 92.1 Å². The van der Waals surface area contributed by atoms with Crippen LogP contribution in [0.2, 0.25) is 0 Å². The second-order valence-corrected chi connectivity index (χ2v) is 6.67. The fourth-order valence-corrected chi connectivity index (χ4v) is 3.37. The minimum absolute atomic E-state index is 0.0000365. The van der Waals surface area contributed by atoms with Gasteiger partial charge in [0.2, 0.25) is 0 Å². The van der Waals surface area contributed by atoms with E-state index >= 15 is 0 Å². The van der Waals surface area contributed by atoms with Crippen molar-refractivity contribution in [2.45, 2.75) is 13.3 Å². The van der Waals surface area contributed by atoms with Crippen LogP contribution in [-0.2, 0) is 13.5 Å². The standard InChI is InChI=1S/C21H17N3O4/c1-13-17-7-6-15(20-22-8-9-23(20)2)12-19(17)28-21(25)18(13)11-14-4-3-5-16(10-14)24(26)27/h3-10,12H,11H2,1-2H3. The SMILES string of the molecule is Cc1c(Cc2cccc([N+](=O)[O-])c2)c(=O)oc2cc(-c3nccn3C)ccc12. The van der Waals surface area contributed by atoms with Gasteiger partial charge in [0.15, 0.2) is 0 Å². The Hall–Kier alpha value is -3.74. The van der Waals surface area contributed by atoms with Crippen LogP contribution in [0.5, 0.6) is 0 Å². The van der Waals surface area contributed by atoms with Gasteiger partial charge in [-0.25, -0.2) is 9.78 Å². The van der Waals surface area contributed by atoms with Crippen LogP contribution in [0.4, 0.5) is 5.69 Å². The van der Waals surface area contributed by atoms with Gasteiger partial charge in [0.25, 0.3) is 5.69 Å². The normalized spacial score (nSPS) is 11.1. The Kier molecular flexibility index (Phi) is 4.27. The molecule has 7 nitrogen and oxygen atoms in total. The van der Waals surface area contributed by atoms with Gasteiger partial charge in [-0.1, -0.05) is 24.3 Å². The molecule has 2 aromatic carbocycles. The van der Waals surface area contributed by atoms with Gasteiger partial charge in [-0.3, -0.25) is 10.1 Å². The fourth-order valence-electron chi connectivity index (χ4n) is 3.37. The molecule has 2 aromatic heterocycles. The van der Waals surface area contributed by atoms with E-state index in [0.29, 0.717) is 16.7 Å². The maximum Gasteiger partial charge on any atom is 0.340 e.